The molecule has 0 spiro atoms. The van der Waals surface area contributed by atoms with Gasteiger partial charge in [-0.15, -0.1) is 0 Å². The van der Waals surface area contributed by atoms with E-state index in [4.69, 9.17) is 4.74 Å². The molecule has 0 atom stereocenters. The maximum absolute atomic E-state index is 11.3. The fourth-order valence-electron chi connectivity index (χ4n) is 12.8. The lowest BCUT2D eigenvalue weighted by Crippen LogP contribution is -2.42. The van der Waals surface area contributed by atoms with Crippen molar-refractivity contribution in [2.24, 2.45) is 43.3 Å². The molecule has 1 saturated carbocycles. The second-order valence-electron chi connectivity index (χ2n) is 53.6. The lowest BCUT2D eigenvalue weighted by molar-refractivity contribution is 0.0581. The fraction of sp³-hybridized carbons (Fsp3) is 0.620. The summed E-state index contributed by atoms with van der Waals surface area (Å²) in [7, 11) is -7.88. The summed E-state index contributed by atoms with van der Waals surface area (Å²) in [6.45, 7) is 94.3. The average molecular weight is 2090 g/mol. The molecule has 826 valence electrons. The van der Waals surface area contributed by atoms with Gasteiger partial charge in [-0.1, -0.05) is 283 Å². The van der Waals surface area contributed by atoms with Crippen molar-refractivity contribution in [3.8, 4) is 0 Å². The van der Waals surface area contributed by atoms with Crippen molar-refractivity contribution in [2.45, 2.75) is 412 Å². The van der Waals surface area contributed by atoms with Crippen LogP contribution in [0.1, 0.15) is 366 Å². The van der Waals surface area contributed by atoms with Gasteiger partial charge in [-0.2, -0.15) is 5.10 Å². The summed E-state index contributed by atoms with van der Waals surface area (Å²) in [5, 5.41) is 7.33. The van der Waals surface area contributed by atoms with Gasteiger partial charge in [-0.05, 0) is 276 Å². The van der Waals surface area contributed by atoms with Crippen LogP contribution in [0.3, 0.4) is 0 Å². The lowest BCUT2D eigenvalue weighted by Gasteiger charge is -2.27. The molecule has 13 rings (SSSR count). The largest absolute Gasteiger partial charge is 0.375 e. The maximum Gasteiger partial charge on any atom is 0.214 e. The Morgan fingerprint density at radius 1 is 0.429 bits per heavy atom. The number of nitrogens with one attached hydrogen (secondary N) is 4. The van der Waals surface area contributed by atoms with Crippen LogP contribution < -0.4 is 14.8 Å². The standard InChI is InChI=1S/C13H18N2.C13H19N.C11H17NO.C11H17N.C10H16N2.2C10H15N.C9H16N2.C8H15N3.C8H13N.C7H15NO2S.C6H15OP.C5H13NO2S/c1-13(2,3)8-9-15-10-14-11-6-4-5-7-12(11)15;1-13(2,3)12-6-4-5-10-9-14-8-7-11(10)12;1-11(2,3)9-13-8-10-6-4-5-7-12-10;1-11(2,3)8-7-10-6-4-5-9-12-10;1-10(2,3)6-5-9-11-7-4-8-12-9;2*1-10(2,3)8-9-6-4-5-7-11-9;1-9(2,3)4-6-11-7-5-10-8-11;1-8(2,3)4-5-11-7-9-6-10-11;1-8(2,3)7-5-4-6-9-7;1-7(2,3)8-11(9,10)6-4-5-6;1-6(2,3)8(4,5)7;1-5(2,3)6-9(4,7)8/h4-7,10H,8-9H2,1-3H3;4-6,14H,7-9H2,1-3H3;4-7H,8-9H2,1-3H3;4-6,9H,7-8H2,1-3H3;4,7-8H,5-6H2,1-3H3;2*4-7H,8H2,1-3H3;5,7-8H,4,6H2,1-3H3;6-7H,4-5H2,1-3H3;4-6,9H,1-3H3;6,8H,4-5H2,1-3H3;1-5H3;6H,1-4H3. The zero-order valence-corrected chi connectivity index (χ0v) is 102. The van der Waals surface area contributed by atoms with Gasteiger partial charge in [-0.25, -0.2) is 51.2 Å². The number of H-pyrrole nitrogens is 1. The second kappa shape index (κ2) is 62.9. The molecule has 4 N–H and O–H groups in total. The van der Waals surface area contributed by atoms with E-state index in [9.17, 15) is 21.4 Å². The number of nitrogens with zero attached hydrogens (tertiary/aromatic N) is 13. The predicted molar refractivity (Wildman–Crippen MR) is 626 cm³/mol. The number of benzene rings is 2. The first-order valence-corrected chi connectivity index (χ1v) is 58.8. The molecule has 0 amide bonds. The lowest BCUT2D eigenvalue weighted by atomic mass is 9.80. The molecule has 1 aliphatic heterocycles. The minimum absolute atomic E-state index is 0.00694. The van der Waals surface area contributed by atoms with Gasteiger partial charge in [-0.3, -0.25) is 24.6 Å². The Bertz CT molecular complexity index is 5370. The third-order valence-electron chi connectivity index (χ3n) is 21.7. The van der Waals surface area contributed by atoms with Crippen molar-refractivity contribution < 1.29 is 26.1 Å². The number of para-hydroxylation sites is 2. The highest BCUT2D eigenvalue weighted by molar-refractivity contribution is 7.90. The van der Waals surface area contributed by atoms with E-state index in [0.29, 0.717) is 44.5 Å². The Labute approximate surface area is 895 Å². The number of fused-ring (bicyclic) bond motifs is 2. The molecule has 0 bridgehead atoms. The van der Waals surface area contributed by atoms with Crippen LogP contribution in [0.25, 0.3) is 11.0 Å². The number of aryl methyl sites for hydroxylation is 5. The number of hydrogen-bond acceptors (Lipinski definition) is 17. The molecule has 1 fully saturated rings. The molecule has 0 saturated heterocycles. The summed E-state index contributed by atoms with van der Waals surface area (Å²) in [4.78, 5) is 40.7. The number of aromatic amines is 1. The van der Waals surface area contributed by atoms with Gasteiger partial charge >= 0.3 is 0 Å². The van der Waals surface area contributed by atoms with Gasteiger partial charge < -0.3 is 28.7 Å². The van der Waals surface area contributed by atoms with Crippen molar-refractivity contribution in [1.29, 1.82) is 0 Å². The van der Waals surface area contributed by atoms with Crippen molar-refractivity contribution in [2.75, 3.05) is 32.7 Å². The molecular formula is C121H204N17O6PS2. The first-order valence-electron chi connectivity index (χ1n) is 52.7. The van der Waals surface area contributed by atoms with Crippen molar-refractivity contribution in [3.63, 3.8) is 0 Å². The van der Waals surface area contributed by atoms with Gasteiger partial charge in [0.1, 0.15) is 18.5 Å². The van der Waals surface area contributed by atoms with Crippen LogP contribution in [0.2, 0.25) is 0 Å². The van der Waals surface area contributed by atoms with E-state index in [1.807, 2.05) is 182 Å². The van der Waals surface area contributed by atoms with Crippen LogP contribution in [-0.4, -0.2) is 140 Å². The fourth-order valence-corrected chi connectivity index (χ4v) is 15.7. The summed E-state index contributed by atoms with van der Waals surface area (Å²) in [6.07, 6.45) is 37.8. The summed E-state index contributed by atoms with van der Waals surface area (Å²) < 4.78 is 71.7. The topological polar surface area (TPSA) is 290 Å². The van der Waals surface area contributed by atoms with E-state index < -0.39 is 27.2 Å². The number of imidazole rings is 2. The maximum atomic E-state index is 11.3. The molecule has 147 heavy (non-hydrogen) atoms. The van der Waals surface area contributed by atoms with Crippen LogP contribution in [0, 0.1) is 43.3 Å². The minimum atomic E-state index is -3.03. The molecule has 1 aliphatic carbocycles. The number of ether oxygens (including phenoxy) is 1. The van der Waals surface area contributed by atoms with Crippen LogP contribution in [-0.2, 0) is 105 Å². The van der Waals surface area contributed by atoms with Crippen molar-refractivity contribution in [3.05, 3.63) is 266 Å². The molecule has 23 nitrogen and oxygen atoms in total. The summed E-state index contributed by atoms with van der Waals surface area (Å²) >= 11 is 0. The highest BCUT2D eigenvalue weighted by atomic mass is 32.2. The monoisotopic (exact) mass is 2090 g/mol. The Balaban J connectivity index is 0.000000799. The molecule has 10 heterocycles. The second-order valence-corrected chi connectivity index (χ2v) is 61.4. The summed E-state index contributed by atoms with van der Waals surface area (Å²) in [5.74, 6) is 0.951. The smallest absolute Gasteiger partial charge is 0.214 e. The Hall–Kier alpha value is -8.81. The number of rotatable bonds is 18. The summed E-state index contributed by atoms with van der Waals surface area (Å²) in [6, 6.07) is 45.1. The zero-order chi connectivity index (χ0) is 112. The third kappa shape index (κ3) is 75.5. The first-order chi connectivity index (χ1) is 67.1. The predicted octanol–water partition coefficient (Wildman–Crippen LogP) is 29.6. The third-order valence-corrected chi connectivity index (χ3v) is 28.2. The molecule has 2 aliphatic rings. The van der Waals surface area contributed by atoms with E-state index in [1.54, 1.807) is 57.6 Å². The van der Waals surface area contributed by atoms with Gasteiger partial charge in [0.05, 0.1) is 61.2 Å². The Kier molecular flexibility index (Phi) is 58.2. The van der Waals surface area contributed by atoms with Crippen LogP contribution >= 0.6 is 7.14 Å². The van der Waals surface area contributed by atoms with E-state index in [1.165, 1.54) is 65.1 Å². The number of aromatic nitrogens is 14. The molecule has 11 aromatic rings. The number of hydrogen-bond donors (Lipinski definition) is 4. The summed E-state index contributed by atoms with van der Waals surface area (Å²) in [5.41, 5.74) is 15.5. The highest BCUT2D eigenvalue weighted by Gasteiger charge is 2.38. The normalized spacial score (nSPS) is 13.1. The van der Waals surface area contributed by atoms with E-state index >= 15 is 0 Å². The van der Waals surface area contributed by atoms with E-state index in [2.05, 4.69) is 347 Å². The van der Waals surface area contributed by atoms with Gasteiger partial charge in [0.25, 0.3) is 0 Å². The molecular weight excluding hydrogens is 1880 g/mol. The zero-order valence-electron chi connectivity index (χ0n) is 99.7. The Morgan fingerprint density at radius 3 is 1.27 bits per heavy atom. The molecule has 2 aromatic carbocycles. The molecule has 26 heteroatoms. The highest BCUT2D eigenvalue weighted by Crippen LogP contribution is 2.50. The Morgan fingerprint density at radius 2 is 0.884 bits per heavy atom. The van der Waals surface area contributed by atoms with Gasteiger partial charge in [0.2, 0.25) is 20.0 Å². The van der Waals surface area contributed by atoms with Crippen LogP contribution in [0.4, 0.5) is 0 Å². The van der Waals surface area contributed by atoms with E-state index in [0.717, 1.165) is 114 Å². The molecule has 0 radical (unpaired) electrons. The van der Waals surface area contributed by atoms with E-state index in [-0.39, 0.29) is 37.7 Å². The SMILES string of the molecule is CC(C)(C)CCc1ccccn1.CC(C)(C)CCc1ncccn1.CC(C)(C)CCn1ccnc1.CC(C)(C)CCn1cnc2ccccc21.CC(C)(C)CCn1cncn1.CC(C)(C)COCc1ccccn1.CC(C)(C)Cc1ccccn1.CC(C)(C)Cc1ccccn1.CC(C)(C)NS(=O)(=O)C1CC1.CC(C)(C)NS(C)(=O)=O.CC(C)(C)P(C)(C)=O.CC(C)(C)c1ccc[nH]1.CC(C)(C)c1cccc2c1CCNC2. The van der Waals surface area contributed by atoms with Crippen LogP contribution in [0.15, 0.2) is 215 Å². The molecule has 0 unspecified atom stereocenters. The number of sulfonamides is 2. The van der Waals surface area contributed by atoms with Crippen molar-refractivity contribution in [1.82, 2.24) is 83.5 Å². The minimum Gasteiger partial charge on any atom is -0.375 e. The quantitative estimate of drug-likeness (QED) is 0.0581. The van der Waals surface area contributed by atoms with Gasteiger partial charge in [0.15, 0.2) is 0 Å². The average Bonchev–Trinajstić information content (AvgIpc) is 1.23. The first kappa shape index (κ1) is 136. The van der Waals surface area contributed by atoms with Crippen molar-refractivity contribution >= 4 is 38.2 Å². The molecule has 9 aromatic heterocycles. The van der Waals surface area contributed by atoms with Crippen LogP contribution in [0.5, 0.6) is 0 Å². The number of pyridine rings is 4. The van der Waals surface area contributed by atoms with Gasteiger partial charge in [0, 0.05) is 133 Å².